The molecule has 5 nitrogen and oxygen atoms in total. The van der Waals surface area contributed by atoms with Gasteiger partial charge in [0.1, 0.15) is 6.10 Å². The normalized spacial score (nSPS) is 44.7. The maximum absolute atomic E-state index is 9.24. The molecule has 0 aliphatic carbocycles. The molecule has 1 aliphatic rings. The molecule has 1 saturated heterocycles. The van der Waals surface area contributed by atoms with Gasteiger partial charge in [0.15, 0.2) is 0 Å². The molecule has 0 aromatic carbocycles. The first kappa shape index (κ1) is 8.89. The van der Waals surface area contributed by atoms with Crippen molar-refractivity contribution in [3.63, 3.8) is 0 Å². The molecule has 0 amide bonds. The number of aliphatic hydroxyl groups is 4. The summed E-state index contributed by atoms with van der Waals surface area (Å²) in [5.74, 6) is -1.88. The number of rotatable bonds is 2. The second kappa shape index (κ2) is 3.04. The van der Waals surface area contributed by atoms with Gasteiger partial charge in [-0.25, -0.2) is 0 Å². The second-order valence-electron chi connectivity index (χ2n) is 2.68. The molecule has 0 radical (unpaired) electrons. The topological polar surface area (TPSA) is 90.2 Å². The third kappa shape index (κ3) is 1.52. The highest BCUT2D eigenvalue weighted by atomic mass is 16.7. The summed E-state index contributed by atoms with van der Waals surface area (Å²) in [6, 6.07) is 0. The first-order valence-electron chi connectivity index (χ1n) is 3.42. The molecule has 1 aliphatic heterocycles. The average molecular weight is 164 g/mol. The molecule has 5 heteroatoms. The van der Waals surface area contributed by atoms with E-state index >= 15 is 0 Å². The van der Waals surface area contributed by atoms with Crippen LogP contribution in [0.3, 0.4) is 0 Å². The molecule has 0 aromatic heterocycles. The van der Waals surface area contributed by atoms with Crippen molar-refractivity contribution in [3.05, 3.63) is 0 Å². The third-order valence-electron chi connectivity index (χ3n) is 1.81. The van der Waals surface area contributed by atoms with Crippen LogP contribution in [0, 0.1) is 0 Å². The van der Waals surface area contributed by atoms with Crippen LogP contribution >= 0.6 is 0 Å². The van der Waals surface area contributed by atoms with Crippen molar-refractivity contribution in [1.29, 1.82) is 0 Å². The SMILES string of the molecule is OC[C@@H]1C[C@H](O)[C@](O)(CO)O1. The molecule has 4 N–H and O–H groups in total. The van der Waals surface area contributed by atoms with Crippen molar-refractivity contribution in [2.45, 2.75) is 24.4 Å². The van der Waals surface area contributed by atoms with Gasteiger partial charge in [-0.05, 0) is 0 Å². The summed E-state index contributed by atoms with van der Waals surface area (Å²) in [4.78, 5) is 0. The Bertz CT molecular complexity index is 139. The standard InChI is InChI=1S/C6H12O5/c7-2-4-1-5(9)6(10,3-8)11-4/h4-5,7-10H,1-3H2/t4-,5-,6-/m0/s1. The van der Waals surface area contributed by atoms with Crippen molar-refractivity contribution < 1.29 is 25.2 Å². The van der Waals surface area contributed by atoms with Gasteiger partial charge in [-0.2, -0.15) is 0 Å². The molecular formula is C6H12O5. The summed E-state index contributed by atoms with van der Waals surface area (Å²) in [7, 11) is 0. The highest BCUT2D eigenvalue weighted by Crippen LogP contribution is 2.27. The Labute approximate surface area is 63.8 Å². The largest absolute Gasteiger partial charge is 0.394 e. The number of hydrogen-bond donors (Lipinski definition) is 4. The van der Waals surface area contributed by atoms with E-state index in [9.17, 15) is 5.11 Å². The number of aliphatic hydroxyl groups excluding tert-OH is 3. The molecule has 3 atom stereocenters. The summed E-state index contributed by atoms with van der Waals surface area (Å²) in [5, 5.41) is 35.5. The van der Waals surface area contributed by atoms with E-state index in [2.05, 4.69) is 0 Å². The average Bonchev–Trinajstić information content (AvgIpc) is 2.29. The van der Waals surface area contributed by atoms with Gasteiger partial charge < -0.3 is 25.2 Å². The lowest BCUT2D eigenvalue weighted by Crippen LogP contribution is -2.43. The van der Waals surface area contributed by atoms with E-state index in [4.69, 9.17) is 20.1 Å². The predicted octanol–water partition coefficient (Wildman–Crippen LogP) is -2.19. The van der Waals surface area contributed by atoms with Crippen LogP contribution in [-0.4, -0.2) is 51.6 Å². The summed E-state index contributed by atoms with van der Waals surface area (Å²) < 4.78 is 4.77. The van der Waals surface area contributed by atoms with E-state index in [1.165, 1.54) is 0 Å². The Balaban J connectivity index is 2.57. The van der Waals surface area contributed by atoms with Crippen molar-refractivity contribution in [1.82, 2.24) is 0 Å². The Kier molecular flexibility index (Phi) is 2.46. The minimum absolute atomic E-state index is 0.146. The lowest BCUT2D eigenvalue weighted by Gasteiger charge is -2.22. The lowest BCUT2D eigenvalue weighted by molar-refractivity contribution is -0.247. The van der Waals surface area contributed by atoms with E-state index in [-0.39, 0.29) is 13.0 Å². The molecule has 0 unspecified atom stereocenters. The number of hydrogen-bond acceptors (Lipinski definition) is 5. The Hall–Kier alpha value is -0.200. The fourth-order valence-electron chi connectivity index (χ4n) is 1.10. The van der Waals surface area contributed by atoms with Gasteiger partial charge in [0.25, 0.3) is 0 Å². The zero-order valence-electron chi connectivity index (χ0n) is 5.97. The quantitative estimate of drug-likeness (QED) is 0.372. The van der Waals surface area contributed by atoms with E-state index < -0.39 is 24.6 Å². The fraction of sp³-hybridized carbons (Fsp3) is 1.00. The molecule has 1 heterocycles. The van der Waals surface area contributed by atoms with Crippen molar-refractivity contribution in [3.8, 4) is 0 Å². The highest BCUT2D eigenvalue weighted by Gasteiger charge is 2.45. The van der Waals surface area contributed by atoms with Crippen LogP contribution < -0.4 is 0 Å². The van der Waals surface area contributed by atoms with Crippen molar-refractivity contribution in [2.75, 3.05) is 13.2 Å². The zero-order chi connectivity index (χ0) is 8.48. The van der Waals surface area contributed by atoms with Crippen LogP contribution in [0.25, 0.3) is 0 Å². The molecule has 0 bridgehead atoms. The van der Waals surface area contributed by atoms with Crippen LogP contribution in [0.5, 0.6) is 0 Å². The van der Waals surface area contributed by atoms with Gasteiger partial charge in [-0.1, -0.05) is 0 Å². The second-order valence-corrected chi connectivity index (χ2v) is 2.68. The van der Waals surface area contributed by atoms with Crippen LogP contribution in [-0.2, 0) is 4.74 Å². The third-order valence-corrected chi connectivity index (χ3v) is 1.81. The minimum atomic E-state index is -1.88. The fourth-order valence-corrected chi connectivity index (χ4v) is 1.10. The Morgan fingerprint density at radius 3 is 2.36 bits per heavy atom. The van der Waals surface area contributed by atoms with Crippen molar-refractivity contribution >= 4 is 0 Å². The van der Waals surface area contributed by atoms with Crippen LogP contribution in [0.1, 0.15) is 6.42 Å². The van der Waals surface area contributed by atoms with Gasteiger partial charge in [0, 0.05) is 6.42 Å². The van der Waals surface area contributed by atoms with E-state index in [1.807, 2.05) is 0 Å². The summed E-state index contributed by atoms with van der Waals surface area (Å²) in [6.07, 6.45) is -1.56. The summed E-state index contributed by atoms with van der Waals surface area (Å²) >= 11 is 0. The Morgan fingerprint density at radius 1 is 1.45 bits per heavy atom. The molecule has 0 saturated carbocycles. The molecular weight excluding hydrogens is 152 g/mol. The van der Waals surface area contributed by atoms with Gasteiger partial charge in [0.2, 0.25) is 5.79 Å². The minimum Gasteiger partial charge on any atom is -0.394 e. The molecule has 0 spiro atoms. The summed E-state index contributed by atoms with van der Waals surface area (Å²) in [6.45, 7) is -0.927. The van der Waals surface area contributed by atoms with Crippen LogP contribution in [0.2, 0.25) is 0 Å². The Morgan fingerprint density at radius 2 is 2.09 bits per heavy atom. The monoisotopic (exact) mass is 164 g/mol. The lowest BCUT2D eigenvalue weighted by atomic mass is 10.1. The van der Waals surface area contributed by atoms with E-state index in [0.717, 1.165) is 0 Å². The molecule has 1 rings (SSSR count). The number of ether oxygens (including phenoxy) is 1. The zero-order valence-corrected chi connectivity index (χ0v) is 5.97. The molecule has 11 heavy (non-hydrogen) atoms. The van der Waals surface area contributed by atoms with E-state index in [1.54, 1.807) is 0 Å². The van der Waals surface area contributed by atoms with Crippen LogP contribution in [0.4, 0.5) is 0 Å². The van der Waals surface area contributed by atoms with Gasteiger partial charge in [-0.15, -0.1) is 0 Å². The maximum atomic E-state index is 9.24. The van der Waals surface area contributed by atoms with Gasteiger partial charge in [0.05, 0.1) is 19.3 Å². The van der Waals surface area contributed by atoms with E-state index in [0.29, 0.717) is 0 Å². The van der Waals surface area contributed by atoms with Crippen LogP contribution in [0.15, 0.2) is 0 Å². The van der Waals surface area contributed by atoms with Crippen molar-refractivity contribution in [2.24, 2.45) is 0 Å². The maximum Gasteiger partial charge on any atom is 0.216 e. The molecule has 1 fully saturated rings. The highest BCUT2D eigenvalue weighted by molar-refractivity contribution is 4.87. The molecule has 0 aromatic rings. The summed E-state index contributed by atoms with van der Waals surface area (Å²) in [5.41, 5.74) is 0. The smallest absolute Gasteiger partial charge is 0.216 e. The van der Waals surface area contributed by atoms with Gasteiger partial charge >= 0.3 is 0 Å². The first-order chi connectivity index (χ1) is 5.12. The van der Waals surface area contributed by atoms with Gasteiger partial charge in [-0.3, -0.25) is 0 Å². The molecule has 66 valence electrons. The first-order valence-corrected chi connectivity index (χ1v) is 3.42. The predicted molar refractivity (Wildman–Crippen MR) is 34.6 cm³/mol.